The molecule has 2 aromatic rings. The fourth-order valence-electron chi connectivity index (χ4n) is 2.71. The van der Waals surface area contributed by atoms with Crippen LogP contribution in [0.4, 0.5) is 4.39 Å². The maximum Gasteiger partial charge on any atom is 0.178 e. The minimum absolute atomic E-state index is 0.0677. The van der Waals surface area contributed by atoms with Crippen LogP contribution in [0.25, 0.3) is 0 Å². The molecule has 0 aliphatic carbocycles. The molecule has 1 aliphatic rings. The number of aliphatic hydroxyl groups is 1. The van der Waals surface area contributed by atoms with Crippen LogP contribution in [0.15, 0.2) is 51.8 Å². The zero-order valence-corrected chi connectivity index (χ0v) is 13.3. The van der Waals surface area contributed by atoms with Gasteiger partial charge in [-0.1, -0.05) is 30.3 Å². The molecule has 1 N–H and O–H groups in total. The summed E-state index contributed by atoms with van der Waals surface area (Å²) >= 11 is 3.09. The summed E-state index contributed by atoms with van der Waals surface area (Å²) in [6, 6.07) is 10.9. The summed E-state index contributed by atoms with van der Waals surface area (Å²) in [4.78, 5) is 0.0677. The Hall–Kier alpha value is -1.24. The van der Waals surface area contributed by atoms with Crippen molar-refractivity contribution in [3.63, 3.8) is 0 Å². The van der Waals surface area contributed by atoms with E-state index in [1.165, 1.54) is 24.3 Å². The van der Waals surface area contributed by atoms with E-state index in [2.05, 4.69) is 15.9 Å². The van der Waals surface area contributed by atoms with Gasteiger partial charge in [-0.3, -0.25) is 0 Å². The Kier molecular flexibility index (Phi) is 3.43. The van der Waals surface area contributed by atoms with Crippen molar-refractivity contribution >= 4 is 25.8 Å². The van der Waals surface area contributed by atoms with Gasteiger partial charge in [0.1, 0.15) is 11.4 Å². The second-order valence-electron chi connectivity index (χ2n) is 5.03. The molecule has 0 radical (unpaired) electrons. The van der Waals surface area contributed by atoms with Gasteiger partial charge in [0.2, 0.25) is 0 Å². The highest BCUT2D eigenvalue weighted by molar-refractivity contribution is 9.10. The Labute approximate surface area is 130 Å². The normalized spacial score (nSPS) is 23.6. The van der Waals surface area contributed by atoms with Crippen molar-refractivity contribution in [2.24, 2.45) is 0 Å². The molecule has 21 heavy (non-hydrogen) atoms. The molecule has 6 heteroatoms. The lowest BCUT2D eigenvalue weighted by Crippen LogP contribution is -2.37. The Morgan fingerprint density at radius 3 is 2.52 bits per heavy atom. The second-order valence-corrected chi connectivity index (χ2v) is 7.96. The highest BCUT2D eigenvalue weighted by atomic mass is 79.9. The third kappa shape index (κ3) is 2.22. The Morgan fingerprint density at radius 2 is 1.76 bits per heavy atom. The van der Waals surface area contributed by atoms with Crippen molar-refractivity contribution in [3.05, 3.63) is 63.9 Å². The average Bonchev–Trinajstić information content (AvgIpc) is 2.47. The highest BCUT2D eigenvalue weighted by Gasteiger charge is 2.43. The molecule has 0 fully saturated rings. The smallest absolute Gasteiger partial charge is 0.178 e. The molecule has 1 heterocycles. The molecule has 0 saturated carbocycles. The SMILES string of the molecule is O=S1(=O)CCC(O)(c2cccc(Br)c2F)c2ccccc21. The molecule has 3 nitrogen and oxygen atoms in total. The number of halogens is 2. The van der Waals surface area contributed by atoms with Crippen LogP contribution < -0.4 is 0 Å². The third-order valence-electron chi connectivity index (χ3n) is 3.80. The van der Waals surface area contributed by atoms with E-state index in [9.17, 15) is 17.9 Å². The van der Waals surface area contributed by atoms with Crippen LogP contribution in [-0.4, -0.2) is 19.3 Å². The van der Waals surface area contributed by atoms with Crippen LogP contribution in [0.3, 0.4) is 0 Å². The molecule has 0 bridgehead atoms. The molecular formula is C15H12BrFO3S. The summed E-state index contributed by atoms with van der Waals surface area (Å²) in [5.41, 5.74) is -1.33. The van der Waals surface area contributed by atoms with Crippen LogP contribution in [0.1, 0.15) is 17.5 Å². The van der Waals surface area contributed by atoms with Crippen molar-refractivity contribution in [3.8, 4) is 0 Å². The van der Waals surface area contributed by atoms with Gasteiger partial charge in [-0.05, 0) is 34.5 Å². The molecule has 1 unspecified atom stereocenters. The first-order chi connectivity index (χ1) is 9.86. The fraction of sp³-hybridized carbons (Fsp3) is 0.200. The summed E-state index contributed by atoms with van der Waals surface area (Å²) in [5, 5.41) is 11.0. The molecular weight excluding hydrogens is 359 g/mol. The van der Waals surface area contributed by atoms with Gasteiger partial charge in [-0.15, -0.1) is 0 Å². The first-order valence-corrected chi connectivity index (χ1v) is 8.80. The molecule has 1 atom stereocenters. The lowest BCUT2D eigenvalue weighted by Gasteiger charge is -2.35. The molecule has 110 valence electrons. The van der Waals surface area contributed by atoms with E-state index in [1.807, 2.05) is 0 Å². The van der Waals surface area contributed by atoms with Crippen LogP contribution in [0.2, 0.25) is 0 Å². The maximum absolute atomic E-state index is 14.4. The van der Waals surface area contributed by atoms with E-state index >= 15 is 0 Å². The number of rotatable bonds is 1. The van der Waals surface area contributed by atoms with E-state index < -0.39 is 21.3 Å². The van der Waals surface area contributed by atoms with Gasteiger partial charge in [-0.25, -0.2) is 12.8 Å². The minimum atomic E-state index is -3.44. The lowest BCUT2D eigenvalue weighted by atomic mass is 9.83. The monoisotopic (exact) mass is 370 g/mol. The molecule has 1 aliphatic heterocycles. The van der Waals surface area contributed by atoms with Crippen LogP contribution >= 0.6 is 15.9 Å². The van der Waals surface area contributed by atoms with Crippen LogP contribution in [0, 0.1) is 5.82 Å². The van der Waals surface area contributed by atoms with E-state index in [4.69, 9.17) is 0 Å². The van der Waals surface area contributed by atoms with Crippen molar-refractivity contribution in [1.82, 2.24) is 0 Å². The maximum atomic E-state index is 14.4. The van der Waals surface area contributed by atoms with Crippen molar-refractivity contribution in [2.75, 3.05) is 5.75 Å². The zero-order valence-electron chi connectivity index (χ0n) is 10.9. The molecule has 0 saturated heterocycles. The predicted octanol–water partition coefficient (Wildman–Crippen LogP) is 3.00. The van der Waals surface area contributed by atoms with Crippen LogP contribution in [-0.2, 0) is 15.4 Å². The Morgan fingerprint density at radius 1 is 1.10 bits per heavy atom. The largest absolute Gasteiger partial charge is 0.380 e. The number of hydrogen-bond acceptors (Lipinski definition) is 3. The lowest BCUT2D eigenvalue weighted by molar-refractivity contribution is 0.0677. The Balaban J connectivity index is 2.30. The van der Waals surface area contributed by atoms with Crippen molar-refractivity contribution in [1.29, 1.82) is 0 Å². The van der Waals surface area contributed by atoms with Gasteiger partial charge in [-0.2, -0.15) is 0 Å². The second kappa shape index (κ2) is 4.90. The number of benzene rings is 2. The quantitative estimate of drug-likeness (QED) is 0.839. The third-order valence-corrected chi connectivity index (χ3v) is 6.18. The van der Waals surface area contributed by atoms with Crippen LogP contribution in [0.5, 0.6) is 0 Å². The standard InChI is InChI=1S/C15H12BrFO3S/c16-12-6-3-5-11(14(12)17)15(18)8-9-21(19,20)13-7-2-1-4-10(13)15/h1-7,18H,8-9H2. The summed E-state index contributed by atoms with van der Waals surface area (Å²) in [6.07, 6.45) is -0.0697. The number of fused-ring (bicyclic) bond motifs is 1. The molecule has 3 rings (SSSR count). The van der Waals surface area contributed by atoms with Crippen molar-refractivity contribution in [2.45, 2.75) is 16.9 Å². The zero-order chi connectivity index (χ0) is 15.3. The predicted molar refractivity (Wildman–Crippen MR) is 80.2 cm³/mol. The van der Waals surface area contributed by atoms with Gasteiger partial charge in [0, 0.05) is 11.1 Å². The topological polar surface area (TPSA) is 54.4 Å². The summed E-state index contributed by atoms with van der Waals surface area (Å²) in [7, 11) is -3.44. The molecule has 0 aromatic heterocycles. The first-order valence-electron chi connectivity index (χ1n) is 6.35. The van der Waals surface area contributed by atoms with Gasteiger partial charge in [0.15, 0.2) is 9.84 Å². The Bertz CT molecular complexity index is 819. The fourth-order valence-corrected chi connectivity index (χ4v) is 4.72. The molecule has 0 amide bonds. The number of sulfone groups is 1. The molecule has 0 spiro atoms. The van der Waals surface area contributed by atoms with E-state index in [0.717, 1.165) is 0 Å². The van der Waals surface area contributed by atoms with E-state index in [-0.39, 0.29) is 32.7 Å². The number of hydrogen-bond donors (Lipinski definition) is 1. The average molecular weight is 371 g/mol. The van der Waals surface area contributed by atoms with Gasteiger partial charge >= 0.3 is 0 Å². The van der Waals surface area contributed by atoms with E-state index in [0.29, 0.717) is 0 Å². The van der Waals surface area contributed by atoms with Gasteiger partial charge < -0.3 is 5.11 Å². The highest BCUT2D eigenvalue weighted by Crippen LogP contribution is 2.43. The molecule has 2 aromatic carbocycles. The van der Waals surface area contributed by atoms with E-state index in [1.54, 1.807) is 18.2 Å². The van der Waals surface area contributed by atoms with Crippen molar-refractivity contribution < 1.29 is 17.9 Å². The van der Waals surface area contributed by atoms with Gasteiger partial charge in [0.25, 0.3) is 0 Å². The summed E-state index contributed by atoms with van der Waals surface area (Å²) in [5.74, 6) is -0.791. The summed E-state index contributed by atoms with van der Waals surface area (Å²) < 4.78 is 38.9. The minimum Gasteiger partial charge on any atom is -0.380 e. The summed E-state index contributed by atoms with van der Waals surface area (Å²) in [6.45, 7) is 0. The van der Waals surface area contributed by atoms with Gasteiger partial charge in [0.05, 0.1) is 15.1 Å². The first kappa shape index (κ1) is 14.7.